The minimum Gasteiger partial charge on any atom is -0.379 e. The number of aromatic nitrogens is 1. The van der Waals surface area contributed by atoms with Gasteiger partial charge < -0.3 is 14.6 Å². The molecule has 0 radical (unpaired) electrons. The van der Waals surface area contributed by atoms with Crippen molar-refractivity contribution in [2.75, 3.05) is 31.6 Å². The van der Waals surface area contributed by atoms with Crippen LogP contribution in [0.3, 0.4) is 0 Å². The average molecular weight is 391 g/mol. The number of carbonyl (C=O) groups excluding carboxylic acids is 1. The standard InChI is InChI=1S/C18H21N3O5S/c1-14-3-2-4-15(11-14)19-17(22)13-20-12-16(5-6-18(20)23)27(24,25)21-7-9-26-10-8-21/h2-6,11-12H,7-10,13H2,1H3,(H,19,22). The van der Waals surface area contributed by atoms with Gasteiger partial charge >= 0.3 is 0 Å². The molecule has 1 amide bonds. The SMILES string of the molecule is Cc1cccc(NC(=O)Cn2cc(S(=O)(=O)N3CCOCC3)ccc2=O)c1. The van der Waals surface area contributed by atoms with E-state index >= 15 is 0 Å². The Hall–Kier alpha value is -2.49. The Labute approximate surface area is 157 Å². The minimum atomic E-state index is -3.74. The van der Waals surface area contributed by atoms with Gasteiger partial charge in [-0.05, 0) is 30.7 Å². The number of anilines is 1. The first-order chi connectivity index (χ1) is 12.9. The zero-order valence-corrected chi connectivity index (χ0v) is 15.7. The number of hydrogen-bond donors (Lipinski definition) is 1. The van der Waals surface area contributed by atoms with Crippen LogP contribution in [0.2, 0.25) is 0 Å². The first kappa shape index (κ1) is 19.3. The molecule has 1 saturated heterocycles. The lowest BCUT2D eigenvalue weighted by Gasteiger charge is -2.26. The number of carbonyl (C=O) groups is 1. The van der Waals surface area contributed by atoms with Gasteiger partial charge in [-0.15, -0.1) is 0 Å². The van der Waals surface area contributed by atoms with E-state index in [1.165, 1.54) is 16.6 Å². The summed E-state index contributed by atoms with van der Waals surface area (Å²) in [4.78, 5) is 24.3. The summed E-state index contributed by atoms with van der Waals surface area (Å²) >= 11 is 0. The molecule has 3 rings (SSSR count). The van der Waals surface area contributed by atoms with Crippen LogP contribution in [0.25, 0.3) is 0 Å². The highest BCUT2D eigenvalue weighted by Gasteiger charge is 2.27. The molecule has 27 heavy (non-hydrogen) atoms. The van der Waals surface area contributed by atoms with Crippen molar-refractivity contribution in [3.05, 3.63) is 58.5 Å². The number of nitrogens with zero attached hydrogens (tertiary/aromatic N) is 2. The van der Waals surface area contributed by atoms with E-state index in [0.29, 0.717) is 18.9 Å². The summed E-state index contributed by atoms with van der Waals surface area (Å²) in [5.41, 5.74) is 1.16. The first-order valence-electron chi connectivity index (χ1n) is 8.51. The van der Waals surface area contributed by atoms with Crippen molar-refractivity contribution in [2.45, 2.75) is 18.4 Å². The molecule has 144 valence electrons. The topological polar surface area (TPSA) is 97.7 Å². The zero-order valence-electron chi connectivity index (χ0n) is 14.9. The van der Waals surface area contributed by atoms with E-state index in [0.717, 1.165) is 16.2 Å². The Morgan fingerprint density at radius 1 is 1.19 bits per heavy atom. The van der Waals surface area contributed by atoms with Crippen LogP contribution in [-0.2, 0) is 26.1 Å². The number of morpholine rings is 1. The van der Waals surface area contributed by atoms with E-state index in [4.69, 9.17) is 4.74 Å². The molecular weight excluding hydrogens is 370 g/mol. The molecule has 1 aliphatic rings. The molecule has 0 unspecified atom stereocenters. The summed E-state index contributed by atoms with van der Waals surface area (Å²) in [6.07, 6.45) is 1.21. The van der Waals surface area contributed by atoms with Crippen LogP contribution in [0.15, 0.2) is 52.3 Å². The third-order valence-corrected chi connectivity index (χ3v) is 6.06. The fraction of sp³-hybridized carbons (Fsp3) is 0.333. The molecular formula is C18H21N3O5S. The van der Waals surface area contributed by atoms with E-state index in [9.17, 15) is 18.0 Å². The van der Waals surface area contributed by atoms with E-state index in [1.807, 2.05) is 19.1 Å². The van der Waals surface area contributed by atoms with Crippen molar-refractivity contribution in [2.24, 2.45) is 0 Å². The Balaban J connectivity index is 1.79. The van der Waals surface area contributed by atoms with Gasteiger partial charge in [-0.3, -0.25) is 9.59 Å². The summed E-state index contributed by atoms with van der Waals surface area (Å²) in [6, 6.07) is 9.69. The maximum Gasteiger partial charge on any atom is 0.251 e. The van der Waals surface area contributed by atoms with Crippen LogP contribution >= 0.6 is 0 Å². The van der Waals surface area contributed by atoms with Crippen LogP contribution in [-0.4, -0.2) is 49.5 Å². The van der Waals surface area contributed by atoms with E-state index < -0.39 is 21.5 Å². The van der Waals surface area contributed by atoms with Crippen molar-refractivity contribution in [3.8, 4) is 0 Å². The van der Waals surface area contributed by atoms with Gasteiger partial charge in [0.2, 0.25) is 15.9 Å². The highest BCUT2D eigenvalue weighted by molar-refractivity contribution is 7.89. The fourth-order valence-corrected chi connectivity index (χ4v) is 4.23. The third-order valence-electron chi connectivity index (χ3n) is 4.18. The lowest BCUT2D eigenvalue weighted by molar-refractivity contribution is -0.116. The summed E-state index contributed by atoms with van der Waals surface area (Å²) in [7, 11) is -3.74. The van der Waals surface area contributed by atoms with Crippen molar-refractivity contribution in [1.82, 2.24) is 8.87 Å². The largest absolute Gasteiger partial charge is 0.379 e. The van der Waals surface area contributed by atoms with Crippen LogP contribution in [0.1, 0.15) is 5.56 Å². The molecule has 1 aliphatic heterocycles. The molecule has 1 aromatic carbocycles. The maximum absolute atomic E-state index is 12.7. The lowest BCUT2D eigenvalue weighted by atomic mass is 10.2. The van der Waals surface area contributed by atoms with Crippen molar-refractivity contribution >= 4 is 21.6 Å². The van der Waals surface area contributed by atoms with Gasteiger partial charge in [0.1, 0.15) is 6.54 Å². The van der Waals surface area contributed by atoms with Crippen LogP contribution < -0.4 is 10.9 Å². The highest BCUT2D eigenvalue weighted by Crippen LogP contribution is 2.16. The van der Waals surface area contributed by atoms with Gasteiger partial charge in [-0.25, -0.2) is 8.42 Å². The smallest absolute Gasteiger partial charge is 0.251 e. The number of benzene rings is 1. The highest BCUT2D eigenvalue weighted by atomic mass is 32.2. The van der Waals surface area contributed by atoms with Gasteiger partial charge in [0.25, 0.3) is 5.56 Å². The first-order valence-corrected chi connectivity index (χ1v) is 9.95. The van der Waals surface area contributed by atoms with Gasteiger partial charge in [0, 0.05) is 31.0 Å². The number of nitrogens with one attached hydrogen (secondary N) is 1. The lowest BCUT2D eigenvalue weighted by Crippen LogP contribution is -2.41. The predicted molar refractivity (Wildman–Crippen MR) is 100 cm³/mol. The van der Waals surface area contributed by atoms with Gasteiger partial charge in [-0.2, -0.15) is 4.31 Å². The van der Waals surface area contributed by atoms with E-state index in [-0.39, 0.29) is 24.5 Å². The Morgan fingerprint density at radius 3 is 2.63 bits per heavy atom. The summed E-state index contributed by atoms with van der Waals surface area (Å²) in [6.45, 7) is 2.81. The zero-order chi connectivity index (χ0) is 19.4. The number of ether oxygens (including phenoxy) is 1. The molecule has 2 aromatic rings. The number of pyridine rings is 1. The molecule has 0 bridgehead atoms. The molecule has 0 atom stereocenters. The number of hydrogen-bond acceptors (Lipinski definition) is 5. The second kappa shape index (κ2) is 8.03. The molecule has 0 saturated carbocycles. The Kier molecular flexibility index (Phi) is 5.73. The van der Waals surface area contributed by atoms with Crippen LogP contribution in [0.4, 0.5) is 5.69 Å². The van der Waals surface area contributed by atoms with Crippen molar-refractivity contribution < 1.29 is 17.9 Å². The molecule has 1 N–H and O–H groups in total. The van der Waals surface area contributed by atoms with Gasteiger partial charge in [-0.1, -0.05) is 12.1 Å². The van der Waals surface area contributed by atoms with Crippen molar-refractivity contribution in [1.29, 1.82) is 0 Å². The Morgan fingerprint density at radius 2 is 1.93 bits per heavy atom. The molecule has 9 heteroatoms. The fourth-order valence-electron chi connectivity index (χ4n) is 2.80. The summed E-state index contributed by atoms with van der Waals surface area (Å²) in [5, 5.41) is 2.70. The Bertz CT molecular complexity index is 994. The van der Waals surface area contributed by atoms with E-state index in [2.05, 4.69) is 5.32 Å². The molecule has 0 spiro atoms. The van der Waals surface area contributed by atoms with Gasteiger partial charge in [0.15, 0.2) is 0 Å². The van der Waals surface area contributed by atoms with E-state index in [1.54, 1.807) is 12.1 Å². The summed E-state index contributed by atoms with van der Waals surface area (Å²) < 4.78 is 33.0. The minimum absolute atomic E-state index is 0.0210. The molecule has 8 nitrogen and oxygen atoms in total. The molecule has 0 aliphatic carbocycles. The monoisotopic (exact) mass is 391 g/mol. The molecule has 1 aromatic heterocycles. The van der Waals surface area contributed by atoms with Crippen molar-refractivity contribution in [3.63, 3.8) is 0 Å². The predicted octanol–water partition coefficient (Wildman–Crippen LogP) is 0.816. The third kappa shape index (κ3) is 4.62. The van der Waals surface area contributed by atoms with Crippen LogP contribution in [0.5, 0.6) is 0 Å². The van der Waals surface area contributed by atoms with Crippen LogP contribution in [0, 0.1) is 6.92 Å². The molecule has 2 heterocycles. The second-order valence-corrected chi connectivity index (χ2v) is 8.20. The average Bonchev–Trinajstić information content (AvgIpc) is 2.64. The quantitative estimate of drug-likeness (QED) is 0.814. The maximum atomic E-state index is 12.7. The number of amides is 1. The second-order valence-electron chi connectivity index (χ2n) is 6.27. The van der Waals surface area contributed by atoms with Gasteiger partial charge in [0.05, 0.1) is 18.1 Å². The number of aryl methyl sites for hydroxylation is 1. The molecule has 1 fully saturated rings. The normalized spacial score (nSPS) is 15.4. The number of rotatable bonds is 5. The summed E-state index contributed by atoms with van der Waals surface area (Å²) in [5.74, 6) is -0.413. The number of sulfonamides is 1.